The number of nitrogens with one attached hydrogen (secondary N) is 1. The lowest BCUT2D eigenvalue weighted by molar-refractivity contribution is 1.26. The molecule has 0 amide bonds. The Hall–Kier alpha value is -1.83. The lowest BCUT2D eigenvalue weighted by Crippen LogP contribution is -1.93. The largest absolute Gasteiger partial charge is 0.340 e. The van der Waals surface area contributed by atoms with Crippen LogP contribution < -0.4 is 5.32 Å². The molecule has 0 radical (unpaired) electrons. The maximum absolute atomic E-state index is 4.29. The van der Waals surface area contributed by atoms with Crippen LogP contribution in [0, 0.1) is 13.8 Å². The highest BCUT2D eigenvalue weighted by atomic mass is 15.0. The van der Waals surface area contributed by atoms with Gasteiger partial charge >= 0.3 is 0 Å². The van der Waals surface area contributed by atoms with Gasteiger partial charge in [0.25, 0.3) is 0 Å². The number of aryl methyl sites for hydroxylation is 2. The Kier molecular flexibility index (Phi) is 2.68. The number of nitrogens with zero attached hydrogens (tertiary/aromatic N) is 1. The highest BCUT2D eigenvalue weighted by Gasteiger charge is 1.95. The van der Waals surface area contributed by atoms with Crippen molar-refractivity contribution in [1.29, 1.82) is 0 Å². The summed E-state index contributed by atoms with van der Waals surface area (Å²) in [6.45, 7) is 4.11. The minimum Gasteiger partial charge on any atom is -0.340 e. The normalized spacial score (nSPS) is 10.0. The van der Waals surface area contributed by atoms with Gasteiger partial charge in [-0.05, 0) is 43.2 Å². The third-order valence-corrected chi connectivity index (χ3v) is 2.20. The Labute approximate surface area is 90.0 Å². The molecule has 15 heavy (non-hydrogen) atoms. The van der Waals surface area contributed by atoms with E-state index in [4.69, 9.17) is 0 Å². The molecule has 1 aromatic heterocycles. The molecule has 0 aliphatic heterocycles. The van der Waals surface area contributed by atoms with E-state index < -0.39 is 0 Å². The van der Waals surface area contributed by atoms with E-state index in [9.17, 15) is 0 Å². The second-order valence-corrected chi connectivity index (χ2v) is 3.72. The number of anilines is 2. The van der Waals surface area contributed by atoms with Crippen molar-refractivity contribution < 1.29 is 0 Å². The summed E-state index contributed by atoms with van der Waals surface area (Å²) in [5.74, 6) is 0.881. The zero-order chi connectivity index (χ0) is 10.7. The first-order valence-corrected chi connectivity index (χ1v) is 5.00. The van der Waals surface area contributed by atoms with Crippen LogP contribution in [0.15, 0.2) is 42.6 Å². The molecule has 76 valence electrons. The second-order valence-electron chi connectivity index (χ2n) is 3.72. The average Bonchev–Trinajstić information content (AvgIpc) is 2.22. The van der Waals surface area contributed by atoms with E-state index in [1.54, 1.807) is 0 Å². The lowest BCUT2D eigenvalue weighted by atomic mass is 10.2. The van der Waals surface area contributed by atoms with E-state index in [2.05, 4.69) is 29.4 Å². The molecule has 2 rings (SSSR count). The Morgan fingerprint density at radius 2 is 1.87 bits per heavy atom. The molecule has 0 saturated heterocycles. The number of rotatable bonds is 2. The SMILES string of the molecule is Cc1ccc(Nc2cccc(C)c2)nc1. The monoisotopic (exact) mass is 198 g/mol. The third-order valence-electron chi connectivity index (χ3n) is 2.20. The van der Waals surface area contributed by atoms with E-state index in [0.717, 1.165) is 11.5 Å². The van der Waals surface area contributed by atoms with Crippen LogP contribution in [0.2, 0.25) is 0 Å². The van der Waals surface area contributed by atoms with Crippen molar-refractivity contribution >= 4 is 11.5 Å². The molecular weight excluding hydrogens is 184 g/mol. The summed E-state index contributed by atoms with van der Waals surface area (Å²) in [4.78, 5) is 4.29. The van der Waals surface area contributed by atoms with E-state index in [0.29, 0.717) is 0 Å². The fourth-order valence-corrected chi connectivity index (χ4v) is 1.41. The third kappa shape index (κ3) is 2.56. The van der Waals surface area contributed by atoms with Gasteiger partial charge in [0.05, 0.1) is 0 Å². The average molecular weight is 198 g/mol. The van der Waals surface area contributed by atoms with Crippen LogP contribution in [-0.4, -0.2) is 4.98 Å². The van der Waals surface area contributed by atoms with Gasteiger partial charge < -0.3 is 5.32 Å². The van der Waals surface area contributed by atoms with E-state index in [1.165, 1.54) is 11.1 Å². The van der Waals surface area contributed by atoms with Crippen molar-refractivity contribution in [2.75, 3.05) is 5.32 Å². The smallest absolute Gasteiger partial charge is 0.130 e. The molecule has 2 nitrogen and oxygen atoms in total. The van der Waals surface area contributed by atoms with Crippen molar-refractivity contribution in [2.24, 2.45) is 0 Å². The number of hydrogen-bond donors (Lipinski definition) is 1. The van der Waals surface area contributed by atoms with Gasteiger partial charge in [0.15, 0.2) is 0 Å². The molecule has 1 heterocycles. The predicted octanol–water partition coefficient (Wildman–Crippen LogP) is 3.44. The first-order valence-electron chi connectivity index (χ1n) is 5.00. The molecule has 0 unspecified atom stereocenters. The Bertz CT molecular complexity index is 446. The van der Waals surface area contributed by atoms with Crippen molar-refractivity contribution in [1.82, 2.24) is 4.98 Å². The topological polar surface area (TPSA) is 24.9 Å². The molecule has 0 fully saturated rings. The van der Waals surface area contributed by atoms with Gasteiger partial charge in [-0.2, -0.15) is 0 Å². The van der Waals surface area contributed by atoms with Gasteiger partial charge in [0.2, 0.25) is 0 Å². The van der Waals surface area contributed by atoms with E-state index in [1.807, 2.05) is 37.4 Å². The van der Waals surface area contributed by atoms with Crippen LogP contribution in [-0.2, 0) is 0 Å². The summed E-state index contributed by atoms with van der Waals surface area (Å²) in [5.41, 5.74) is 3.49. The fourth-order valence-electron chi connectivity index (χ4n) is 1.41. The van der Waals surface area contributed by atoms with Crippen molar-refractivity contribution in [2.45, 2.75) is 13.8 Å². The number of benzene rings is 1. The lowest BCUT2D eigenvalue weighted by Gasteiger charge is -2.06. The Morgan fingerprint density at radius 3 is 2.53 bits per heavy atom. The Balaban J connectivity index is 2.18. The summed E-state index contributed by atoms with van der Waals surface area (Å²) in [7, 11) is 0. The molecule has 2 aromatic rings. The molecule has 0 bridgehead atoms. The highest BCUT2D eigenvalue weighted by molar-refractivity contribution is 5.56. The number of hydrogen-bond acceptors (Lipinski definition) is 2. The van der Waals surface area contributed by atoms with Crippen molar-refractivity contribution in [3.05, 3.63) is 53.7 Å². The van der Waals surface area contributed by atoms with Crippen molar-refractivity contribution in [3.63, 3.8) is 0 Å². The molecule has 0 atom stereocenters. The summed E-state index contributed by atoms with van der Waals surface area (Å²) in [5, 5.41) is 3.26. The minimum absolute atomic E-state index is 0.881. The van der Waals surface area contributed by atoms with Gasteiger partial charge in [-0.3, -0.25) is 0 Å². The van der Waals surface area contributed by atoms with Crippen LogP contribution in [0.1, 0.15) is 11.1 Å². The maximum atomic E-state index is 4.29. The summed E-state index contributed by atoms with van der Waals surface area (Å²) in [6.07, 6.45) is 1.86. The number of aromatic nitrogens is 1. The summed E-state index contributed by atoms with van der Waals surface area (Å²) < 4.78 is 0. The van der Waals surface area contributed by atoms with Gasteiger partial charge in [-0.1, -0.05) is 18.2 Å². The molecule has 1 aromatic carbocycles. The van der Waals surface area contributed by atoms with E-state index in [-0.39, 0.29) is 0 Å². The highest BCUT2D eigenvalue weighted by Crippen LogP contribution is 2.15. The zero-order valence-electron chi connectivity index (χ0n) is 8.99. The van der Waals surface area contributed by atoms with Gasteiger partial charge in [0, 0.05) is 11.9 Å². The molecule has 0 aliphatic rings. The Morgan fingerprint density at radius 1 is 1.00 bits per heavy atom. The molecular formula is C13H14N2. The van der Waals surface area contributed by atoms with Crippen LogP contribution in [0.25, 0.3) is 0 Å². The fraction of sp³-hybridized carbons (Fsp3) is 0.154. The molecule has 0 saturated carbocycles. The van der Waals surface area contributed by atoms with Crippen LogP contribution in [0.5, 0.6) is 0 Å². The zero-order valence-corrected chi connectivity index (χ0v) is 8.99. The minimum atomic E-state index is 0.881. The molecule has 1 N–H and O–H groups in total. The van der Waals surface area contributed by atoms with Crippen molar-refractivity contribution in [3.8, 4) is 0 Å². The van der Waals surface area contributed by atoms with Gasteiger partial charge in [0.1, 0.15) is 5.82 Å². The van der Waals surface area contributed by atoms with Gasteiger partial charge in [-0.25, -0.2) is 4.98 Å². The van der Waals surface area contributed by atoms with Gasteiger partial charge in [-0.15, -0.1) is 0 Å². The van der Waals surface area contributed by atoms with Crippen LogP contribution in [0.4, 0.5) is 11.5 Å². The first-order chi connectivity index (χ1) is 7.24. The van der Waals surface area contributed by atoms with Crippen LogP contribution in [0.3, 0.4) is 0 Å². The summed E-state index contributed by atoms with van der Waals surface area (Å²) >= 11 is 0. The van der Waals surface area contributed by atoms with Crippen LogP contribution >= 0.6 is 0 Å². The van der Waals surface area contributed by atoms with E-state index >= 15 is 0 Å². The second kappa shape index (κ2) is 4.13. The molecule has 0 aliphatic carbocycles. The molecule has 2 heteroatoms. The first kappa shape index (κ1) is 9.71. The maximum Gasteiger partial charge on any atom is 0.130 e. The summed E-state index contributed by atoms with van der Waals surface area (Å²) in [6, 6.07) is 12.3. The predicted molar refractivity (Wildman–Crippen MR) is 63.4 cm³/mol. The number of pyridine rings is 1. The molecule has 0 spiro atoms. The quantitative estimate of drug-likeness (QED) is 0.799. The standard InChI is InChI=1S/C13H14N2/c1-10-4-3-5-12(8-10)15-13-7-6-11(2)9-14-13/h3-9H,1-2H3,(H,14,15).